The summed E-state index contributed by atoms with van der Waals surface area (Å²) < 4.78 is 12.9. The molecular formula is C20H24FNO. The maximum atomic E-state index is 12.9. The van der Waals surface area contributed by atoms with Crippen LogP contribution in [-0.2, 0) is 13.0 Å². The third-order valence-corrected chi connectivity index (χ3v) is 4.78. The summed E-state index contributed by atoms with van der Waals surface area (Å²) in [6, 6.07) is 17.0. The molecule has 3 heteroatoms. The molecule has 0 saturated carbocycles. The lowest BCUT2D eigenvalue weighted by Gasteiger charge is -2.34. The highest BCUT2D eigenvalue weighted by Gasteiger charge is 2.25. The van der Waals surface area contributed by atoms with Gasteiger partial charge in [0, 0.05) is 6.54 Å². The largest absolute Gasteiger partial charge is 0.392 e. The van der Waals surface area contributed by atoms with Crippen LogP contribution in [0, 0.1) is 11.7 Å². The van der Waals surface area contributed by atoms with E-state index in [9.17, 15) is 9.50 Å². The van der Waals surface area contributed by atoms with E-state index in [1.165, 1.54) is 17.7 Å². The Bertz CT molecular complexity index is 591. The number of nitrogens with zero attached hydrogens (tertiary/aromatic N) is 1. The van der Waals surface area contributed by atoms with E-state index in [0.717, 1.165) is 38.0 Å². The van der Waals surface area contributed by atoms with Crippen molar-refractivity contribution >= 4 is 0 Å². The molecule has 1 N–H and O–H groups in total. The van der Waals surface area contributed by atoms with Gasteiger partial charge >= 0.3 is 0 Å². The number of aliphatic hydroxyl groups excluding tert-OH is 1. The summed E-state index contributed by atoms with van der Waals surface area (Å²) in [4.78, 5) is 2.45. The van der Waals surface area contributed by atoms with E-state index in [0.29, 0.717) is 12.3 Å². The first-order valence-corrected chi connectivity index (χ1v) is 8.39. The molecule has 0 spiro atoms. The van der Waals surface area contributed by atoms with Gasteiger partial charge in [-0.1, -0.05) is 42.5 Å². The second-order valence-electron chi connectivity index (χ2n) is 6.50. The summed E-state index contributed by atoms with van der Waals surface area (Å²) in [6.07, 6.45) is 2.33. The second kappa shape index (κ2) is 7.71. The highest BCUT2D eigenvalue weighted by Crippen LogP contribution is 2.24. The van der Waals surface area contributed by atoms with Crippen LogP contribution in [0.15, 0.2) is 54.6 Å². The van der Waals surface area contributed by atoms with Crippen LogP contribution < -0.4 is 0 Å². The molecule has 0 bridgehead atoms. The fourth-order valence-electron chi connectivity index (χ4n) is 3.37. The first kappa shape index (κ1) is 16.2. The zero-order valence-electron chi connectivity index (χ0n) is 13.4. The average Bonchev–Trinajstić information content (AvgIpc) is 2.58. The van der Waals surface area contributed by atoms with Gasteiger partial charge in [-0.25, -0.2) is 4.39 Å². The summed E-state index contributed by atoms with van der Waals surface area (Å²) in [5.41, 5.74) is 2.35. The Balaban J connectivity index is 1.47. The molecule has 1 unspecified atom stereocenters. The van der Waals surface area contributed by atoms with E-state index in [4.69, 9.17) is 0 Å². The fraction of sp³-hybridized carbons (Fsp3) is 0.400. The van der Waals surface area contributed by atoms with Crippen molar-refractivity contribution in [2.24, 2.45) is 5.92 Å². The molecule has 1 saturated heterocycles. The molecule has 2 aromatic rings. The van der Waals surface area contributed by atoms with Crippen LogP contribution in [0.5, 0.6) is 0 Å². The van der Waals surface area contributed by atoms with Gasteiger partial charge in [0.1, 0.15) is 5.82 Å². The minimum atomic E-state index is -0.334. The maximum absolute atomic E-state index is 12.9. The molecule has 1 atom stereocenters. The van der Waals surface area contributed by atoms with E-state index < -0.39 is 0 Å². The predicted octanol–water partition coefficient (Wildman–Crippen LogP) is 3.64. The van der Waals surface area contributed by atoms with Crippen molar-refractivity contribution in [1.29, 1.82) is 0 Å². The van der Waals surface area contributed by atoms with E-state index in [1.54, 1.807) is 12.1 Å². The van der Waals surface area contributed by atoms with Crippen molar-refractivity contribution in [3.63, 3.8) is 0 Å². The van der Waals surface area contributed by atoms with Crippen LogP contribution in [0.1, 0.15) is 24.0 Å². The van der Waals surface area contributed by atoms with Crippen LogP contribution in [0.4, 0.5) is 4.39 Å². The Morgan fingerprint density at radius 1 is 0.957 bits per heavy atom. The summed E-state index contributed by atoms with van der Waals surface area (Å²) in [7, 11) is 0. The third-order valence-electron chi connectivity index (χ3n) is 4.78. The molecule has 1 heterocycles. The van der Waals surface area contributed by atoms with Gasteiger partial charge < -0.3 is 5.11 Å². The summed E-state index contributed by atoms with van der Waals surface area (Å²) in [5, 5.41) is 10.5. The number of rotatable bonds is 5. The van der Waals surface area contributed by atoms with Crippen LogP contribution >= 0.6 is 0 Å². The van der Waals surface area contributed by atoms with Crippen LogP contribution in [0.2, 0.25) is 0 Å². The average molecular weight is 313 g/mol. The number of hydrogen-bond acceptors (Lipinski definition) is 2. The number of aliphatic hydroxyl groups is 1. The zero-order chi connectivity index (χ0) is 16.1. The topological polar surface area (TPSA) is 23.5 Å². The molecule has 122 valence electrons. The van der Waals surface area contributed by atoms with Crippen molar-refractivity contribution < 1.29 is 9.50 Å². The Morgan fingerprint density at radius 3 is 2.26 bits per heavy atom. The smallest absolute Gasteiger partial charge is 0.123 e. The van der Waals surface area contributed by atoms with Gasteiger partial charge in [-0.15, -0.1) is 0 Å². The quantitative estimate of drug-likeness (QED) is 0.911. The monoisotopic (exact) mass is 313 g/mol. The third kappa shape index (κ3) is 4.63. The Morgan fingerprint density at radius 2 is 1.61 bits per heavy atom. The molecule has 2 aromatic carbocycles. The normalized spacial score (nSPS) is 18.0. The van der Waals surface area contributed by atoms with Gasteiger partial charge in [0.2, 0.25) is 0 Å². The highest BCUT2D eigenvalue weighted by atomic mass is 19.1. The van der Waals surface area contributed by atoms with Crippen molar-refractivity contribution in [3.05, 3.63) is 71.5 Å². The number of hydrogen-bond donors (Lipinski definition) is 1. The molecule has 1 aliphatic heterocycles. The first-order chi connectivity index (χ1) is 11.2. The molecule has 0 aromatic heterocycles. The predicted molar refractivity (Wildman–Crippen MR) is 90.6 cm³/mol. The number of piperidine rings is 1. The Hall–Kier alpha value is -1.71. The van der Waals surface area contributed by atoms with Gasteiger partial charge in [-0.3, -0.25) is 4.90 Å². The van der Waals surface area contributed by atoms with Gasteiger partial charge in [-0.2, -0.15) is 0 Å². The van der Waals surface area contributed by atoms with Crippen molar-refractivity contribution in [1.82, 2.24) is 4.90 Å². The molecule has 0 aliphatic carbocycles. The molecule has 0 radical (unpaired) electrons. The Labute approximate surface area is 137 Å². The van der Waals surface area contributed by atoms with Gasteiger partial charge in [0.05, 0.1) is 6.10 Å². The minimum absolute atomic E-state index is 0.225. The second-order valence-corrected chi connectivity index (χ2v) is 6.50. The van der Waals surface area contributed by atoms with Gasteiger partial charge in [-0.05, 0) is 61.5 Å². The maximum Gasteiger partial charge on any atom is 0.123 e. The molecule has 2 nitrogen and oxygen atoms in total. The lowest BCUT2D eigenvalue weighted by molar-refractivity contribution is 0.0576. The first-order valence-electron chi connectivity index (χ1n) is 8.39. The van der Waals surface area contributed by atoms with E-state index in [-0.39, 0.29) is 11.9 Å². The van der Waals surface area contributed by atoms with E-state index in [1.807, 2.05) is 6.07 Å². The number of halogens is 1. The molecule has 23 heavy (non-hydrogen) atoms. The molecule has 1 aliphatic rings. The molecule has 0 amide bonds. The fourth-order valence-corrected chi connectivity index (χ4v) is 3.37. The lowest BCUT2D eigenvalue weighted by Crippen LogP contribution is -2.38. The molecule has 3 rings (SSSR count). The SMILES string of the molecule is OC(Cc1ccc(F)cc1)C1CCN(Cc2ccccc2)CC1. The van der Waals surface area contributed by atoms with Crippen molar-refractivity contribution in [2.45, 2.75) is 31.9 Å². The van der Waals surface area contributed by atoms with Crippen LogP contribution in [-0.4, -0.2) is 29.2 Å². The van der Waals surface area contributed by atoms with Gasteiger partial charge in [0.25, 0.3) is 0 Å². The number of likely N-dealkylation sites (tertiary alicyclic amines) is 1. The van der Waals surface area contributed by atoms with Crippen molar-refractivity contribution in [3.8, 4) is 0 Å². The van der Waals surface area contributed by atoms with E-state index >= 15 is 0 Å². The standard InChI is InChI=1S/C20H24FNO/c21-19-8-6-16(7-9-19)14-20(23)18-10-12-22(13-11-18)15-17-4-2-1-3-5-17/h1-9,18,20,23H,10-15H2. The summed E-state index contributed by atoms with van der Waals surface area (Å²) >= 11 is 0. The lowest BCUT2D eigenvalue weighted by atomic mass is 9.88. The Kier molecular flexibility index (Phi) is 5.42. The van der Waals surface area contributed by atoms with Crippen LogP contribution in [0.3, 0.4) is 0 Å². The minimum Gasteiger partial charge on any atom is -0.392 e. The van der Waals surface area contributed by atoms with E-state index in [2.05, 4.69) is 29.2 Å². The van der Waals surface area contributed by atoms with Gasteiger partial charge in [0.15, 0.2) is 0 Å². The summed E-state index contributed by atoms with van der Waals surface area (Å²) in [5.74, 6) is 0.115. The van der Waals surface area contributed by atoms with Crippen LogP contribution in [0.25, 0.3) is 0 Å². The summed E-state index contributed by atoms with van der Waals surface area (Å²) in [6.45, 7) is 3.04. The highest BCUT2D eigenvalue weighted by molar-refractivity contribution is 5.17. The molecular weight excluding hydrogens is 289 g/mol. The molecule has 1 fully saturated rings. The number of benzene rings is 2. The van der Waals surface area contributed by atoms with Crippen molar-refractivity contribution in [2.75, 3.05) is 13.1 Å². The zero-order valence-corrected chi connectivity index (χ0v) is 13.4.